The molecule has 33 heavy (non-hydrogen) atoms. The lowest BCUT2D eigenvalue weighted by Crippen LogP contribution is -2.17. The second kappa shape index (κ2) is 9.05. The van der Waals surface area contributed by atoms with E-state index in [0.717, 1.165) is 72.5 Å². The van der Waals surface area contributed by atoms with Crippen molar-refractivity contribution in [3.63, 3.8) is 0 Å². The summed E-state index contributed by atoms with van der Waals surface area (Å²) in [5.41, 5.74) is 3.28. The monoisotopic (exact) mass is 444 g/mol. The maximum Gasteiger partial charge on any atom is 0.180 e. The number of nitrogens with zero attached hydrogens (tertiary/aromatic N) is 6. The maximum atomic E-state index is 5.59. The lowest BCUT2D eigenvalue weighted by atomic mass is 9.91. The zero-order valence-corrected chi connectivity index (χ0v) is 19.2. The fourth-order valence-corrected chi connectivity index (χ4v) is 4.41. The Morgan fingerprint density at radius 3 is 2.64 bits per heavy atom. The summed E-state index contributed by atoms with van der Waals surface area (Å²) in [6.45, 7) is 2.87. The third kappa shape index (κ3) is 4.33. The molecule has 1 aliphatic rings. The Morgan fingerprint density at radius 1 is 1.06 bits per heavy atom. The third-order valence-corrected chi connectivity index (χ3v) is 6.14. The molecule has 8 heteroatoms. The van der Waals surface area contributed by atoms with Crippen LogP contribution in [0.25, 0.3) is 5.82 Å². The molecule has 1 atom stereocenters. The van der Waals surface area contributed by atoms with Gasteiger partial charge in [0.05, 0.1) is 19.9 Å². The molecule has 1 aliphatic heterocycles. The van der Waals surface area contributed by atoms with Gasteiger partial charge in [0.25, 0.3) is 0 Å². The number of benzene rings is 1. The highest BCUT2D eigenvalue weighted by Crippen LogP contribution is 2.33. The van der Waals surface area contributed by atoms with E-state index in [4.69, 9.17) is 19.6 Å². The Morgan fingerprint density at radius 2 is 1.91 bits per heavy atom. The minimum Gasteiger partial charge on any atom is -0.497 e. The predicted molar refractivity (Wildman–Crippen MR) is 124 cm³/mol. The summed E-state index contributed by atoms with van der Waals surface area (Å²) in [6, 6.07) is 10.3. The van der Waals surface area contributed by atoms with Crippen LogP contribution in [0.4, 0.5) is 0 Å². The van der Waals surface area contributed by atoms with E-state index in [1.807, 2.05) is 42.1 Å². The topological polar surface area (TPSA) is 79.9 Å². The predicted octanol–water partition coefficient (Wildman–Crippen LogP) is 3.90. The summed E-state index contributed by atoms with van der Waals surface area (Å²) in [4.78, 5) is 13.8. The van der Waals surface area contributed by atoms with Crippen LogP contribution in [0.1, 0.15) is 47.2 Å². The highest BCUT2D eigenvalue weighted by Gasteiger charge is 2.25. The van der Waals surface area contributed by atoms with Crippen molar-refractivity contribution in [2.45, 2.75) is 45.1 Å². The molecule has 0 spiro atoms. The van der Waals surface area contributed by atoms with Crippen LogP contribution in [0.2, 0.25) is 0 Å². The van der Waals surface area contributed by atoms with E-state index in [1.165, 1.54) is 5.56 Å². The van der Waals surface area contributed by atoms with E-state index in [1.54, 1.807) is 20.5 Å². The van der Waals surface area contributed by atoms with E-state index >= 15 is 0 Å². The van der Waals surface area contributed by atoms with Crippen LogP contribution in [0.5, 0.6) is 11.5 Å². The summed E-state index contributed by atoms with van der Waals surface area (Å²) < 4.78 is 14.9. The first-order valence-electron chi connectivity index (χ1n) is 11.3. The molecule has 0 saturated carbocycles. The Bertz CT molecular complexity index is 1240. The number of aryl methyl sites for hydroxylation is 4. The molecule has 4 heterocycles. The first kappa shape index (κ1) is 21.2. The lowest BCUT2D eigenvalue weighted by Gasteiger charge is -2.22. The van der Waals surface area contributed by atoms with Crippen molar-refractivity contribution in [2.75, 3.05) is 14.2 Å². The summed E-state index contributed by atoms with van der Waals surface area (Å²) >= 11 is 0. The molecule has 4 aromatic rings. The summed E-state index contributed by atoms with van der Waals surface area (Å²) in [7, 11) is 3.36. The van der Waals surface area contributed by atoms with E-state index in [-0.39, 0.29) is 5.92 Å². The SMILES string of the molecule is COc1ccc([C@H]2CCCn3nc(CCc4cnc(-n5cnc(C)c5)c(OC)c4)nc32)cc1. The average Bonchev–Trinajstić information content (AvgIpc) is 3.48. The molecule has 0 unspecified atom stereocenters. The normalized spacial score (nSPS) is 15.3. The number of pyridine rings is 1. The number of aromatic nitrogens is 6. The quantitative estimate of drug-likeness (QED) is 0.430. The second-order valence-corrected chi connectivity index (χ2v) is 8.37. The minimum atomic E-state index is 0.269. The van der Waals surface area contributed by atoms with E-state index < -0.39 is 0 Å². The highest BCUT2D eigenvalue weighted by molar-refractivity contribution is 5.43. The molecule has 1 aromatic carbocycles. The van der Waals surface area contributed by atoms with E-state index in [9.17, 15) is 0 Å². The van der Waals surface area contributed by atoms with Crippen LogP contribution in [-0.2, 0) is 19.4 Å². The van der Waals surface area contributed by atoms with Crippen LogP contribution >= 0.6 is 0 Å². The number of methoxy groups -OCH3 is 2. The van der Waals surface area contributed by atoms with Crippen LogP contribution in [-0.4, -0.2) is 43.5 Å². The van der Waals surface area contributed by atoms with Gasteiger partial charge < -0.3 is 9.47 Å². The Hall–Kier alpha value is -3.68. The third-order valence-electron chi connectivity index (χ3n) is 6.14. The smallest absolute Gasteiger partial charge is 0.180 e. The second-order valence-electron chi connectivity index (χ2n) is 8.37. The van der Waals surface area contributed by atoms with Gasteiger partial charge in [0.2, 0.25) is 0 Å². The molecule has 0 radical (unpaired) electrons. The molecule has 0 saturated heterocycles. The van der Waals surface area contributed by atoms with Crippen LogP contribution < -0.4 is 9.47 Å². The van der Waals surface area contributed by atoms with Crippen molar-refractivity contribution in [2.24, 2.45) is 0 Å². The summed E-state index contributed by atoms with van der Waals surface area (Å²) in [5, 5.41) is 4.80. The van der Waals surface area contributed by atoms with Crippen molar-refractivity contribution in [3.05, 3.63) is 77.5 Å². The number of imidazole rings is 1. The van der Waals surface area contributed by atoms with Gasteiger partial charge in [0, 0.05) is 31.3 Å². The van der Waals surface area contributed by atoms with Crippen molar-refractivity contribution < 1.29 is 9.47 Å². The largest absolute Gasteiger partial charge is 0.497 e. The lowest BCUT2D eigenvalue weighted by molar-refractivity contribution is 0.410. The summed E-state index contributed by atoms with van der Waals surface area (Å²) in [6.07, 6.45) is 9.31. The first-order valence-corrected chi connectivity index (χ1v) is 11.3. The van der Waals surface area contributed by atoms with Gasteiger partial charge in [-0.2, -0.15) is 5.10 Å². The van der Waals surface area contributed by atoms with Gasteiger partial charge in [-0.1, -0.05) is 12.1 Å². The zero-order valence-electron chi connectivity index (χ0n) is 19.2. The molecule has 3 aromatic heterocycles. The Kier molecular flexibility index (Phi) is 5.81. The van der Waals surface area contributed by atoms with Crippen LogP contribution in [0.15, 0.2) is 49.1 Å². The molecule has 0 amide bonds. The highest BCUT2D eigenvalue weighted by atomic mass is 16.5. The van der Waals surface area contributed by atoms with Gasteiger partial charge in [0.1, 0.15) is 17.9 Å². The Balaban J connectivity index is 1.32. The van der Waals surface area contributed by atoms with Crippen LogP contribution in [0, 0.1) is 6.92 Å². The molecule has 8 nitrogen and oxygen atoms in total. The molecule has 0 fully saturated rings. The molecule has 0 aliphatic carbocycles. The van der Waals surface area contributed by atoms with Gasteiger partial charge in [-0.3, -0.25) is 4.57 Å². The molecular weight excluding hydrogens is 416 g/mol. The van der Waals surface area contributed by atoms with Crippen LogP contribution in [0.3, 0.4) is 0 Å². The standard InChI is InChI=1S/C25H28N6O2/c1-17-15-30(16-27-17)25-22(33-3)13-18(14-26-25)6-11-23-28-24-21(5-4-12-31(24)29-23)19-7-9-20(32-2)10-8-19/h7-10,13-16,21H,4-6,11-12H2,1-3H3/t21-/m1/s1. The maximum absolute atomic E-state index is 5.59. The molecule has 5 rings (SSSR count). The molecule has 170 valence electrons. The minimum absolute atomic E-state index is 0.269. The summed E-state index contributed by atoms with van der Waals surface area (Å²) in [5.74, 6) is 4.53. The van der Waals surface area contributed by atoms with Gasteiger partial charge in [-0.25, -0.2) is 19.6 Å². The molecular formula is C25H28N6O2. The first-order chi connectivity index (χ1) is 16.1. The number of fused-ring (bicyclic) bond motifs is 1. The van der Waals surface area contributed by atoms with E-state index in [2.05, 4.69) is 26.8 Å². The van der Waals surface area contributed by atoms with Gasteiger partial charge >= 0.3 is 0 Å². The zero-order chi connectivity index (χ0) is 22.8. The van der Waals surface area contributed by atoms with Crippen molar-refractivity contribution in [1.29, 1.82) is 0 Å². The fraction of sp³-hybridized carbons (Fsp3) is 0.360. The molecule has 0 N–H and O–H groups in total. The van der Waals surface area contributed by atoms with Crippen molar-refractivity contribution in [1.82, 2.24) is 29.3 Å². The van der Waals surface area contributed by atoms with Gasteiger partial charge in [-0.05, 0) is 55.5 Å². The Labute approximate surface area is 193 Å². The molecule has 0 bridgehead atoms. The van der Waals surface area contributed by atoms with Crippen molar-refractivity contribution >= 4 is 0 Å². The number of hydrogen-bond donors (Lipinski definition) is 0. The average molecular weight is 445 g/mol. The van der Waals surface area contributed by atoms with E-state index in [0.29, 0.717) is 0 Å². The number of hydrogen-bond acceptors (Lipinski definition) is 6. The number of rotatable bonds is 7. The fourth-order valence-electron chi connectivity index (χ4n) is 4.41. The number of ether oxygens (including phenoxy) is 2. The van der Waals surface area contributed by atoms with Crippen molar-refractivity contribution in [3.8, 4) is 17.3 Å². The van der Waals surface area contributed by atoms with Gasteiger partial charge in [-0.15, -0.1) is 0 Å². The van der Waals surface area contributed by atoms with Gasteiger partial charge in [0.15, 0.2) is 17.4 Å².